The molecular formula is C19H21ClIN5O. The lowest BCUT2D eigenvalue weighted by Gasteiger charge is -2.08. The van der Waals surface area contributed by atoms with Gasteiger partial charge in [-0.15, -0.1) is 0 Å². The standard InChI is InChI=1S/C19H21ClIN5O/c1-12-19(23-18(27)7-8-25-13(2)17(21)10-22-25)14(3)26(24-12)11-15-5-4-6-16(20)9-15/h4-6,9-10H,7-8,11H2,1-3H3,(H,23,27). The van der Waals surface area contributed by atoms with Crippen molar-refractivity contribution in [3.63, 3.8) is 0 Å². The quantitative estimate of drug-likeness (QED) is 0.515. The Bertz CT molecular complexity index is 979. The molecular weight excluding hydrogens is 477 g/mol. The number of halogens is 2. The summed E-state index contributed by atoms with van der Waals surface area (Å²) in [7, 11) is 0. The van der Waals surface area contributed by atoms with Crippen molar-refractivity contribution in [2.45, 2.75) is 40.3 Å². The van der Waals surface area contributed by atoms with Gasteiger partial charge in [0.25, 0.3) is 0 Å². The van der Waals surface area contributed by atoms with E-state index in [2.05, 4.69) is 38.1 Å². The van der Waals surface area contributed by atoms with Gasteiger partial charge >= 0.3 is 0 Å². The highest BCUT2D eigenvalue weighted by Crippen LogP contribution is 2.21. The summed E-state index contributed by atoms with van der Waals surface area (Å²) in [5, 5.41) is 12.6. The van der Waals surface area contributed by atoms with E-state index < -0.39 is 0 Å². The molecule has 0 radical (unpaired) electrons. The molecule has 0 unspecified atom stereocenters. The molecule has 2 aromatic heterocycles. The SMILES string of the molecule is Cc1nn(Cc2cccc(Cl)c2)c(C)c1NC(=O)CCn1ncc(I)c1C. The topological polar surface area (TPSA) is 64.7 Å². The van der Waals surface area contributed by atoms with Crippen molar-refractivity contribution < 1.29 is 4.79 Å². The zero-order chi connectivity index (χ0) is 19.6. The molecule has 3 rings (SSSR count). The van der Waals surface area contributed by atoms with Crippen LogP contribution in [0.3, 0.4) is 0 Å². The number of hydrogen-bond donors (Lipinski definition) is 1. The summed E-state index contributed by atoms with van der Waals surface area (Å²) in [6.45, 7) is 7.02. The van der Waals surface area contributed by atoms with Crippen LogP contribution in [-0.2, 0) is 17.9 Å². The van der Waals surface area contributed by atoms with Crippen LogP contribution in [0, 0.1) is 24.3 Å². The highest BCUT2D eigenvalue weighted by atomic mass is 127. The van der Waals surface area contributed by atoms with E-state index in [9.17, 15) is 4.79 Å². The Hall–Kier alpha value is -1.87. The van der Waals surface area contributed by atoms with E-state index in [1.54, 1.807) is 0 Å². The van der Waals surface area contributed by atoms with E-state index in [-0.39, 0.29) is 5.91 Å². The number of amides is 1. The molecule has 0 saturated heterocycles. The fourth-order valence-electron chi connectivity index (χ4n) is 2.90. The first-order valence-electron chi connectivity index (χ1n) is 8.61. The van der Waals surface area contributed by atoms with Crippen molar-refractivity contribution >= 4 is 45.8 Å². The molecule has 0 aliphatic rings. The third kappa shape index (κ3) is 4.70. The molecule has 6 nitrogen and oxygen atoms in total. The van der Waals surface area contributed by atoms with Crippen LogP contribution in [0.1, 0.15) is 29.1 Å². The van der Waals surface area contributed by atoms with E-state index in [1.165, 1.54) is 0 Å². The van der Waals surface area contributed by atoms with Gasteiger partial charge in [-0.1, -0.05) is 23.7 Å². The molecule has 0 bridgehead atoms. The van der Waals surface area contributed by atoms with E-state index in [1.807, 2.05) is 60.6 Å². The molecule has 1 amide bonds. The lowest BCUT2D eigenvalue weighted by atomic mass is 10.2. The lowest BCUT2D eigenvalue weighted by molar-refractivity contribution is -0.116. The highest BCUT2D eigenvalue weighted by Gasteiger charge is 2.15. The van der Waals surface area contributed by atoms with Gasteiger partial charge in [0.1, 0.15) is 0 Å². The van der Waals surface area contributed by atoms with Crippen molar-refractivity contribution in [3.8, 4) is 0 Å². The van der Waals surface area contributed by atoms with Crippen LogP contribution in [-0.4, -0.2) is 25.5 Å². The molecule has 0 spiro atoms. The highest BCUT2D eigenvalue weighted by molar-refractivity contribution is 14.1. The first-order chi connectivity index (χ1) is 12.8. The number of aryl methyl sites for hydroxylation is 2. The first-order valence-corrected chi connectivity index (χ1v) is 10.1. The van der Waals surface area contributed by atoms with Crippen LogP contribution in [0.25, 0.3) is 0 Å². The molecule has 3 aromatic rings. The second-order valence-corrected chi connectivity index (χ2v) is 8.03. The van der Waals surface area contributed by atoms with Crippen molar-refractivity contribution in [1.29, 1.82) is 0 Å². The smallest absolute Gasteiger partial charge is 0.226 e. The van der Waals surface area contributed by atoms with Crippen molar-refractivity contribution in [2.75, 3.05) is 5.32 Å². The Morgan fingerprint density at radius 1 is 1.22 bits per heavy atom. The lowest BCUT2D eigenvalue weighted by Crippen LogP contribution is -2.16. The maximum atomic E-state index is 12.4. The Balaban J connectivity index is 1.67. The number of anilines is 1. The number of carbonyl (C=O) groups is 1. The molecule has 0 saturated carbocycles. The van der Waals surface area contributed by atoms with Gasteiger partial charge in [0.15, 0.2) is 0 Å². The fourth-order valence-corrected chi connectivity index (χ4v) is 3.51. The van der Waals surface area contributed by atoms with Crippen molar-refractivity contribution in [2.24, 2.45) is 0 Å². The molecule has 8 heteroatoms. The zero-order valence-electron chi connectivity index (χ0n) is 15.5. The minimum atomic E-state index is -0.0478. The number of carbonyl (C=O) groups excluding carboxylic acids is 1. The number of aromatic nitrogens is 4. The minimum absolute atomic E-state index is 0.0478. The van der Waals surface area contributed by atoms with Gasteiger partial charge in [0, 0.05) is 17.1 Å². The minimum Gasteiger partial charge on any atom is -0.323 e. The third-order valence-corrected chi connectivity index (χ3v) is 5.76. The molecule has 1 N–H and O–H groups in total. The fraction of sp³-hybridized carbons (Fsp3) is 0.316. The van der Waals surface area contributed by atoms with Gasteiger partial charge in [-0.25, -0.2) is 0 Å². The Labute approximate surface area is 177 Å². The third-order valence-electron chi connectivity index (χ3n) is 4.46. The average Bonchev–Trinajstić information content (AvgIpc) is 3.07. The maximum Gasteiger partial charge on any atom is 0.226 e. The molecule has 0 aliphatic heterocycles. The second-order valence-electron chi connectivity index (χ2n) is 6.43. The van der Waals surface area contributed by atoms with Crippen LogP contribution in [0.5, 0.6) is 0 Å². The monoisotopic (exact) mass is 497 g/mol. The summed E-state index contributed by atoms with van der Waals surface area (Å²) < 4.78 is 4.84. The average molecular weight is 498 g/mol. The molecule has 1 aromatic carbocycles. The first kappa shape index (κ1) is 19.9. The summed E-state index contributed by atoms with van der Waals surface area (Å²) in [6.07, 6.45) is 2.17. The number of nitrogens with zero attached hydrogens (tertiary/aromatic N) is 4. The van der Waals surface area contributed by atoms with Gasteiger partial charge < -0.3 is 5.32 Å². The van der Waals surface area contributed by atoms with Crippen molar-refractivity contribution in [1.82, 2.24) is 19.6 Å². The Kier molecular flexibility index (Phi) is 6.21. The van der Waals surface area contributed by atoms with Crippen LogP contribution in [0.4, 0.5) is 5.69 Å². The summed E-state index contributed by atoms with van der Waals surface area (Å²) in [4.78, 5) is 12.4. The summed E-state index contributed by atoms with van der Waals surface area (Å²) >= 11 is 8.30. The molecule has 2 heterocycles. The van der Waals surface area contributed by atoms with E-state index in [0.29, 0.717) is 24.5 Å². The van der Waals surface area contributed by atoms with Gasteiger partial charge in [-0.2, -0.15) is 10.2 Å². The zero-order valence-corrected chi connectivity index (χ0v) is 18.4. The summed E-state index contributed by atoms with van der Waals surface area (Å²) in [5.74, 6) is -0.0478. The van der Waals surface area contributed by atoms with E-state index >= 15 is 0 Å². The maximum absolute atomic E-state index is 12.4. The number of rotatable bonds is 6. The molecule has 0 atom stereocenters. The van der Waals surface area contributed by atoms with E-state index in [4.69, 9.17) is 11.6 Å². The molecule has 142 valence electrons. The predicted octanol–water partition coefficient (Wildman–Crippen LogP) is 4.34. The van der Waals surface area contributed by atoms with Gasteiger partial charge in [-0.05, 0) is 61.1 Å². The molecule has 0 aliphatic carbocycles. The Morgan fingerprint density at radius 3 is 2.67 bits per heavy atom. The molecule has 0 fully saturated rings. The van der Waals surface area contributed by atoms with Crippen LogP contribution in [0.2, 0.25) is 5.02 Å². The van der Waals surface area contributed by atoms with Gasteiger partial charge in [0.2, 0.25) is 5.91 Å². The normalized spacial score (nSPS) is 11.0. The number of nitrogens with one attached hydrogen (secondary N) is 1. The van der Waals surface area contributed by atoms with Crippen LogP contribution in [0.15, 0.2) is 30.5 Å². The number of benzene rings is 1. The second kappa shape index (κ2) is 8.43. The largest absolute Gasteiger partial charge is 0.323 e. The van der Waals surface area contributed by atoms with Gasteiger partial charge in [-0.3, -0.25) is 14.2 Å². The number of hydrogen-bond acceptors (Lipinski definition) is 3. The van der Waals surface area contributed by atoms with E-state index in [0.717, 1.165) is 31.9 Å². The Morgan fingerprint density at radius 2 is 2.00 bits per heavy atom. The van der Waals surface area contributed by atoms with Gasteiger partial charge in [0.05, 0.1) is 39.9 Å². The van der Waals surface area contributed by atoms with Crippen LogP contribution < -0.4 is 5.32 Å². The summed E-state index contributed by atoms with van der Waals surface area (Å²) in [6, 6.07) is 7.70. The summed E-state index contributed by atoms with van der Waals surface area (Å²) in [5.41, 5.74) is 4.63. The predicted molar refractivity (Wildman–Crippen MR) is 115 cm³/mol. The van der Waals surface area contributed by atoms with Crippen molar-refractivity contribution in [3.05, 3.63) is 61.7 Å². The molecule has 27 heavy (non-hydrogen) atoms. The van der Waals surface area contributed by atoms with Crippen LogP contribution >= 0.6 is 34.2 Å².